The Kier molecular flexibility index (Phi) is 2.78. The third-order valence-electron chi connectivity index (χ3n) is 2.28. The molecule has 0 radical (unpaired) electrons. The molecule has 1 saturated heterocycles. The molecular weight excluding hydrogens is 186 g/mol. The second-order valence-electron chi connectivity index (χ2n) is 3.42. The van der Waals surface area contributed by atoms with E-state index in [-0.39, 0.29) is 18.0 Å². The van der Waals surface area contributed by atoms with E-state index in [0.29, 0.717) is 0 Å². The van der Waals surface area contributed by atoms with E-state index >= 15 is 0 Å². The molecule has 1 N–H and O–H groups in total. The van der Waals surface area contributed by atoms with Crippen LogP contribution in [0.3, 0.4) is 0 Å². The summed E-state index contributed by atoms with van der Waals surface area (Å²) in [6.07, 6.45) is -0.0668. The second kappa shape index (κ2) is 3.69. The van der Waals surface area contributed by atoms with Crippen LogP contribution >= 0.6 is 0 Å². The van der Waals surface area contributed by atoms with Crippen LogP contribution < -0.4 is 5.32 Å². The molecule has 1 aliphatic rings. The molecule has 0 bridgehead atoms. The number of rotatable bonds is 3. The first-order valence-corrected chi connectivity index (χ1v) is 4.28. The van der Waals surface area contributed by atoms with Gasteiger partial charge in [-0.1, -0.05) is 0 Å². The molecule has 0 aliphatic carbocycles. The number of hydrogen-bond acceptors (Lipinski definition) is 4. The van der Waals surface area contributed by atoms with E-state index in [9.17, 15) is 19.2 Å². The molecule has 1 unspecified atom stereocenters. The van der Waals surface area contributed by atoms with E-state index in [0.717, 1.165) is 0 Å². The molecule has 0 aromatic rings. The first kappa shape index (κ1) is 10.6. The highest BCUT2D eigenvalue weighted by Gasteiger charge is 2.41. The van der Waals surface area contributed by atoms with Gasteiger partial charge in [0.2, 0.25) is 11.8 Å². The first-order valence-electron chi connectivity index (χ1n) is 4.28. The Morgan fingerprint density at radius 3 is 2.07 bits per heavy atom. The molecular formula is C9H11NO4. The molecule has 0 aromatic heterocycles. The lowest BCUT2D eigenvalue weighted by Crippen LogP contribution is -2.33. The van der Waals surface area contributed by atoms with Crippen molar-refractivity contribution in [3.63, 3.8) is 0 Å². The van der Waals surface area contributed by atoms with Crippen LogP contribution in [0.1, 0.15) is 20.3 Å². The number of ketones is 2. The van der Waals surface area contributed by atoms with E-state index in [1.54, 1.807) is 0 Å². The fraction of sp³-hybridized carbons (Fsp3) is 0.556. The number of amides is 2. The first-order chi connectivity index (χ1) is 6.43. The highest BCUT2D eigenvalue weighted by Crippen LogP contribution is 2.22. The molecule has 1 fully saturated rings. The Morgan fingerprint density at radius 2 is 1.79 bits per heavy atom. The zero-order chi connectivity index (χ0) is 10.9. The predicted molar refractivity (Wildman–Crippen MR) is 46.1 cm³/mol. The summed E-state index contributed by atoms with van der Waals surface area (Å²) in [5.41, 5.74) is 0. The summed E-state index contributed by atoms with van der Waals surface area (Å²) >= 11 is 0. The van der Waals surface area contributed by atoms with Crippen molar-refractivity contribution in [2.75, 3.05) is 0 Å². The van der Waals surface area contributed by atoms with Gasteiger partial charge in [-0.3, -0.25) is 24.5 Å². The summed E-state index contributed by atoms with van der Waals surface area (Å²) in [5, 5.41) is 2.07. The zero-order valence-corrected chi connectivity index (χ0v) is 7.99. The van der Waals surface area contributed by atoms with Crippen LogP contribution in [0.4, 0.5) is 0 Å². The molecule has 1 atom stereocenters. The molecule has 5 heteroatoms. The maximum atomic E-state index is 11.2. The lowest BCUT2D eigenvalue weighted by atomic mass is 9.85. The van der Waals surface area contributed by atoms with Gasteiger partial charge in [0, 0.05) is 6.42 Å². The Labute approximate surface area is 80.8 Å². The van der Waals surface area contributed by atoms with Crippen LogP contribution in [-0.4, -0.2) is 23.4 Å². The van der Waals surface area contributed by atoms with Crippen LogP contribution in [0.15, 0.2) is 0 Å². The average molecular weight is 197 g/mol. The van der Waals surface area contributed by atoms with Crippen LogP contribution in [0.2, 0.25) is 0 Å². The van der Waals surface area contributed by atoms with Crippen molar-refractivity contribution in [2.24, 2.45) is 11.8 Å². The normalized spacial score (nSPS) is 21.2. The van der Waals surface area contributed by atoms with E-state index in [4.69, 9.17) is 0 Å². The average Bonchev–Trinajstić information content (AvgIpc) is 2.29. The van der Waals surface area contributed by atoms with Gasteiger partial charge in [-0.15, -0.1) is 0 Å². The molecule has 14 heavy (non-hydrogen) atoms. The van der Waals surface area contributed by atoms with Gasteiger partial charge in [0.1, 0.15) is 11.6 Å². The van der Waals surface area contributed by atoms with Crippen molar-refractivity contribution >= 4 is 23.4 Å². The number of imide groups is 1. The van der Waals surface area contributed by atoms with Crippen LogP contribution in [0.25, 0.3) is 0 Å². The molecule has 1 heterocycles. The largest absolute Gasteiger partial charge is 0.299 e. The Hall–Kier alpha value is -1.52. The summed E-state index contributed by atoms with van der Waals surface area (Å²) in [5.74, 6) is -3.46. The molecule has 1 rings (SSSR count). The SMILES string of the molecule is CC(=O)C(C(C)=O)C1CC(=O)NC1=O. The lowest BCUT2D eigenvalue weighted by Gasteiger charge is -2.14. The smallest absolute Gasteiger partial charge is 0.231 e. The van der Waals surface area contributed by atoms with Gasteiger partial charge in [-0.05, 0) is 13.8 Å². The van der Waals surface area contributed by atoms with Crippen molar-refractivity contribution in [3.05, 3.63) is 0 Å². The minimum Gasteiger partial charge on any atom is -0.299 e. The number of hydrogen-bond donors (Lipinski definition) is 1. The Bertz CT molecular complexity index is 307. The van der Waals surface area contributed by atoms with E-state index in [2.05, 4.69) is 5.32 Å². The summed E-state index contributed by atoms with van der Waals surface area (Å²) < 4.78 is 0. The van der Waals surface area contributed by atoms with Gasteiger partial charge in [0.05, 0.1) is 11.8 Å². The Morgan fingerprint density at radius 1 is 1.29 bits per heavy atom. The van der Waals surface area contributed by atoms with Gasteiger partial charge < -0.3 is 0 Å². The lowest BCUT2D eigenvalue weighted by molar-refractivity contribution is -0.138. The minimum absolute atomic E-state index is 0.0668. The summed E-state index contributed by atoms with van der Waals surface area (Å²) in [4.78, 5) is 44.3. The van der Waals surface area contributed by atoms with Crippen molar-refractivity contribution in [1.29, 1.82) is 0 Å². The summed E-state index contributed by atoms with van der Waals surface area (Å²) in [6, 6.07) is 0. The fourth-order valence-corrected chi connectivity index (χ4v) is 1.70. The maximum absolute atomic E-state index is 11.2. The molecule has 0 saturated carbocycles. The zero-order valence-electron chi connectivity index (χ0n) is 7.99. The van der Waals surface area contributed by atoms with E-state index in [1.807, 2.05) is 0 Å². The molecule has 1 aliphatic heterocycles. The van der Waals surface area contributed by atoms with Gasteiger partial charge in [-0.2, -0.15) is 0 Å². The van der Waals surface area contributed by atoms with Crippen molar-refractivity contribution in [3.8, 4) is 0 Å². The molecule has 2 amide bonds. The highest BCUT2D eigenvalue weighted by atomic mass is 16.2. The maximum Gasteiger partial charge on any atom is 0.231 e. The number of Topliss-reactive ketones (excluding diaryl/α,β-unsaturated/α-hetero) is 2. The molecule has 0 aromatic carbocycles. The second-order valence-corrected chi connectivity index (χ2v) is 3.42. The molecule has 5 nitrogen and oxygen atoms in total. The van der Waals surface area contributed by atoms with Crippen molar-refractivity contribution in [1.82, 2.24) is 5.32 Å². The predicted octanol–water partition coefficient (Wildman–Crippen LogP) is -0.557. The van der Waals surface area contributed by atoms with Crippen molar-refractivity contribution < 1.29 is 19.2 Å². The topological polar surface area (TPSA) is 80.3 Å². The monoisotopic (exact) mass is 197 g/mol. The minimum atomic E-state index is -0.971. The summed E-state index contributed by atoms with van der Waals surface area (Å²) in [6.45, 7) is 2.50. The van der Waals surface area contributed by atoms with Crippen LogP contribution in [-0.2, 0) is 19.2 Å². The standard InChI is InChI=1S/C9H11NO4/c1-4(11)8(5(2)12)6-3-7(13)10-9(6)14/h6,8H,3H2,1-2H3,(H,10,13,14). The van der Waals surface area contributed by atoms with E-state index in [1.165, 1.54) is 13.8 Å². The number of carbonyl (C=O) groups excluding carboxylic acids is 4. The van der Waals surface area contributed by atoms with Crippen LogP contribution in [0.5, 0.6) is 0 Å². The third kappa shape index (κ3) is 1.86. The fourth-order valence-electron chi connectivity index (χ4n) is 1.70. The quantitative estimate of drug-likeness (QED) is 0.486. The van der Waals surface area contributed by atoms with Crippen molar-refractivity contribution in [2.45, 2.75) is 20.3 Å². The number of carbonyl (C=O) groups is 4. The van der Waals surface area contributed by atoms with Crippen LogP contribution in [0, 0.1) is 11.8 Å². The highest BCUT2D eigenvalue weighted by molar-refractivity contribution is 6.10. The van der Waals surface area contributed by atoms with E-state index < -0.39 is 23.7 Å². The third-order valence-corrected chi connectivity index (χ3v) is 2.28. The number of nitrogens with one attached hydrogen (secondary N) is 1. The molecule has 0 spiro atoms. The van der Waals surface area contributed by atoms with Gasteiger partial charge in [0.15, 0.2) is 0 Å². The molecule has 76 valence electrons. The van der Waals surface area contributed by atoms with Gasteiger partial charge >= 0.3 is 0 Å². The Balaban J connectivity index is 2.90. The van der Waals surface area contributed by atoms with Gasteiger partial charge in [-0.25, -0.2) is 0 Å². The van der Waals surface area contributed by atoms with Gasteiger partial charge in [0.25, 0.3) is 0 Å². The summed E-state index contributed by atoms with van der Waals surface area (Å²) in [7, 11) is 0.